The van der Waals surface area contributed by atoms with Crippen LogP contribution in [0.15, 0.2) is 12.3 Å². The molecule has 82 valence electrons. The Morgan fingerprint density at radius 2 is 2.33 bits per heavy atom. The van der Waals surface area contributed by atoms with Crippen LogP contribution < -0.4 is 5.32 Å². The number of ether oxygens (including phenoxy) is 1. The van der Waals surface area contributed by atoms with Gasteiger partial charge in [0.1, 0.15) is 0 Å². The average molecular weight is 210 g/mol. The fourth-order valence-electron chi connectivity index (χ4n) is 2.49. The molecule has 15 heavy (non-hydrogen) atoms. The minimum absolute atomic E-state index is 0.0786. The van der Waals surface area contributed by atoms with Crippen LogP contribution in [0.1, 0.15) is 6.42 Å². The van der Waals surface area contributed by atoms with Gasteiger partial charge in [-0.25, -0.2) is 0 Å². The van der Waals surface area contributed by atoms with Gasteiger partial charge >= 0.3 is 5.97 Å². The number of hydrogen-bond acceptors (Lipinski definition) is 4. The minimum Gasteiger partial charge on any atom is -0.469 e. The molecule has 1 amide bonds. The summed E-state index contributed by atoms with van der Waals surface area (Å²) in [5, 5.41) is 2.70. The summed E-state index contributed by atoms with van der Waals surface area (Å²) in [4.78, 5) is 25.0. The maximum atomic E-state index is 11.6. The SMILES string of the molecule is C=C1NC(=O)[C@@H]2C[C@H](C(=O)OC)[C@H]1N2C. The Kier molecular flexibility index (Phi) is 2.26. The highest BCUT2D eigenvalue weighted by molar-refractivity contribution is 5.88. The predicted octanol–water partition coefficient (Wildman–Crippen LogP) is -0.508. The number of carbonyl (C=O) groups is 2. The summed E-state index contributed by atoms with van der Waals surface area (Å²) >= 11 is 0. The van der Waals surface area contributed by atoms with Crippen molar-refractivity contribution in [3.05, 3.63) is 12.3 Å². The zero-order chi connectivity index (χ0) is 11.2. The number of methoxy groups -OCH3 is 1. The molecular formula is C10H14N2O3. The number of hydrogen-bond donors (Lipinski definition) is 1. The molecule has 2 bridgehead atoms. The molecule has 2 rings (SSSR count). The molecule has 5 heteroatoms. The van der Waals surface area contributed by atoms with Crippen LogP contribution in [0.4, 0.5) is 0 Å². The Morgan fingerprint density at radius 1 is 1.67 bits per heavy atom. The Bertz CT molecular complexity index is 340. The van der Waals surface area contributed by atoms with Crippen molar-refractivity contribution in [1.29, 1.82) is 0 Å². The molecule has 0 unspecified atom stereocenters. The second kappa shape index (κ2) is 3.34. The maximum absolute atomic E-state index is 11.6. The fraction of sp³-hybridized carbons (Fsp3) is 0.600. The van der Waals surface area contributed by atoms with Crippen molar-refractivity contribution in [3.63, 3.8) is 0 Å². The van der Waals surface area contributed by atoms with Gasteiger partial charge in [-0.1, -0.05) is 6.58 Å². The first-order chi connectivity index (χ1) is 7.06. The molecule has 5 nitrogen and oxygen atoms in total. The molecular weight excluding hydrogens is 196 g/mol. The highest BCUT2D eigenvalue weighted by Gasteiger charge is 2.51. The number of nitrogens with zero attached hydrogens (tertiary/aromatic N) is 1. The Hall–Kier alpha value is -1.36. The monoisotopic (exact) mass is 210 g/mol. The van der Waals surface area contributed by atoms with E-state index in [4.69, 9.17) is 4.74 Å². The molecule has 2 aliphatic heterocycles. The first kappa shape index (κ1) is 10.2. The van der Waals surface area contributed by atoms with E-state index in [0.717, 1.165) is 0 Å². The van der Waals surface area contributed by atoms with Crippen LogP contribution in [-0.2, 0) is 14.3 Å². The molecule has 0 aromatic carbocycles. The molecule has 0 aromatic heterocycles. The average Bonchev–Trinajstić information content (AvgIpc) is 2.46. The molecule has 0 aliphatic carbocycles. The highest BCUT2D eigenvalue weighted by Crippen LogP contribution is 2.35. The molecule has 0 spiro atoms. The van der Waals surface area contributed by atoms with E-state index in [1.54, 1.807) is 0 Å². The lowest BCUT2D eigenvalue weighted by atomic mass is 9.98. The van der Waals surface area contributed by atoms with E-state index in [2.05, 4.69) is 11.9 Å². The largest absolute Gasteiger partial charge is 0.469 e. The van der Waals surface area contributed by atoms with Gasteiger partial charge < -0.3 is 10.1 Å². The Balaban J connectivity index is 2.30. The summed E-state index contributed by atoms with van der Waals surface area (Å²) in [7, 11) is 3.20. The van der Waals surface area contributed by atoms with Gasteiger partial charge in [0.2, 0.25) is 5.91 Å². The number of piperazine rings is 1. The van der Waals surface area contributed by atoms with Crippen molar-refractivity contribution in [2.75, 3.05) is 14.2 Å². The summed E-state index contributed by atoms with van der Waals surface area (Å²) in [5.74, 6) is -0.631. The molecule has 1 N–H and O–H groups in total. The van der Waals surface area contributed by atoms with Crippen molar-refractivity contribution in [2.24, 2.45) is 5.92 Å². The smallest absolute Gasteiger partial charge is 0.310 e. The second-order valence-electron chi connectivity index (χ2n) is 4.01. The minimum atomic E-state index is -0.281. The highest BCUT2D eigenvalue weighted by atomic mass is 16.5. The lowest BCUT2D eigenvalue weighted by Crippen LogP contribution is -2.52. The van der Waals surface area contributed by atoms with Gasteiger partial charge in [-0.2, -0.15) is 0 Å². The standard InChI is InChI=1S/C10H14N2O3/c1-5-8-6(10(14)15-3)4-7(12(8)2)9(13)11-5/h6-8H,1,4H2,2-3H3,(H,11,13)/t6-,7-,8-/m0/s1. The Morgan fingerprint density at radius 3 is 2.93 bits per heavy atom. The van der Waals surface area contributed by atoms with Crippen LogP contribution in [0.5, 0.6) is 0 Å². The number of fused-ring (bicyclic) bond motifs is 2. The molecule has 0 aromatic rings. The van der Waals surface area contributed by atoms with Crippen molar-refractivity contribution in [2.45, 2.75) is 18.5 Å². The van der Waals surface area contributed by atoms with Crippen molar-refractivity contribution >= 4 is 11.9 Å². The molecule has 0 saturated carbocycles. The van der Waals surface area contributed by atoms with E-state index in [9.17, 15) is 9.59 Å². The summed E-state index contributed by atoms with van der Waals surface area (Å²) in [6, 6.07) is -0.357. The first-order valence-electron chi connectivity index (χ1n) is 4.85. The predicted molar refractivity (Wildman–Crippen MR) is 52.7 cm³/mol. The molecule has 2 heterocycles. The van der Waals surface area contributed by atoms with Gasteiger partial charge in [0.05, 0.1) is 25.1 Å². The van der Waals surface area contributed by atoms with E-state index >= 15 is 0 Å². The number of likely N-dealkylation sites (N-methyl/N-ethyl adjacent to an activating group) is 1. The topological polar surface area (TPSA) is 58.6 Å². The summed E-state index contributed by atoms with van der Waals surface area (Å²) in [6.45, 7) is 3.78. The lowest BCUT2D eigenvalue weighted by molar-refractivity contribution is -0.145. The van der Waals surface area contributed by atoms with Crippen LogP contribution in [0.3, 0.4) is 0 Å². The maximum Gasteiger partial charge on any atom is 0.310 e. The molecule has 2 fully saturated rings. The van der Waals surface area contributed by atoms with Crippen LogP contribution in [0.2, 0.25) is 0 Å². The van der Waals surface area contributed by atoms with E-state index in [1.807, 2.05) is 11.9 Å². The third-order valence-corrected chi connectivity index (χ3v) is 3.24. The van der Waals surface area contributed by atoms with Gasteiger partial charge in [0.25, 0.3) is 0 Å². The van der Waals surface area contributed by atoms with Crippen LogP contribution in [0, 0.1) is 5.92 Å². The zero-order valence-electron chi connectivity index (χ0n) is 8.82. The van der Waals surface area contributed by atoms with E-state index < -0.39 is 0 Å². The normalized spacial score (nSPS) is 35.2. The van der Waals surface area contributed by atoms with Crippen molar-refractivity contribution in [3.8, 4) is 0 Å². The van der Waals surface area contributed by atoms with Gasteiger partial charge in [-0.3, -0.25) is 14.5 Å². The second-order valence-corrected chi connectivity index (χ2v) is 4.01. The number of rotatable bonds is 1. The van der Waals surface area contributed by atoms with Gasteiger partial charge in [-0.15, -0.1) is 0 Å². The van der Waals surface area contributed by atoms with Crippen LogP contribution >= 0.6 is 0 Å². The molecule has 2 saturated heterocycles. The molecule has 0 radical (unpaired) electrons. The van der Waals surface area contributed by atoms with E-state index in [-0.39, 0.29) is 29.9 Å². The van der Waals surface area contributed by atoms with E-state index in [1.165, 1.54) is 7.11 Å². The number of amides is 1. The molecule has 3 atom stereocenters. The van der Waals surface area contributed by atoms with Gasteiger partial charge in [0, 0.05) is 5.70 Å². The van der Waals surface area contributed by atoms with Crippen molar-refractivity contribution < 1.29 is 14.3 Å². The lowest BCUT2D eigenvalue weighted by Gasteiger charge is -2.33. The summed E-state index contributed by atoms with van der Waals surface area (Å²) in [6.07, 6.45) is 0.513. The number of esters is 1. The van der Waals surface area contributed by atoms with Crippen molar-refractivity contribution in [1.82, 2.24) is 10.2 Å². The van der Waals surface area contributed by atoms with E-state index in [0.29, 0.717) is 12.1 Å². The summed E-state index contributed by atoms with van der Waals surface area (Å²) < 4.78 is 4.73. The zero-order valence-corrected chi connectivity index (χ0v) is 8.82. The first-order valence-corrected chi connectivity index (χ1v) is 4.85. The number of nitrogens with one attached hydrogen (secondary N) is 1. The third kappa shape index (κ3) is 1.34. The van der Waals surface area contributed by atoms with Gasteiger partial charge in [-0.05, 0) is 13.5 Å². The molecule has 2 aliphatic rings. The van der Waals surface area contributed by atoms with Crippen LogP contribution in [-0.4, -0.2) is 43.0 Å². The Labute approximate surface area is 88.1 Å². The van der Waals surface area contributed by atoms with Crippen LogP contribution in [0.25, 0.3) is 0 Å². The van der Waals surface area contributed by atoms with Gasteiger partial charge in [0.15, 0.2) is 0 Å². The summed E-state index contributed by atoms with van der Waals surface area (Å²) in [5.41, 5.74) is 0.589. The fourth-order valence-corrected chi connectivity index (χ4v) is 2.49. The quantitative estimate of drug-likeness (QED) is 0.592. The number of carbonyl (C=O) groups excluding carboxylic acids is 2. The third-order valence-electron chi connectivity index (χ3n) is 3.24.